The standard InChI is InChI=1S/C9H10ClN3/c1-13(2)6-7-3-8(10)9(4-11)12-5-7/h3,5H,6H2,1-2H3. The number of rotatable bonds is 2. The average Bonchev–Trinajstić information content (AvgIpc) is 2.03. The molecule has 0 spiro atoms. The second kappa shape index (κ2) is 4.22. The van der Waals surface area contributed by atoms with E-state index in [2.05, 4.69) is 4.98 Å². The van der Waals surface area contributed by atoms with Gasteiger partial charge in [-0.25, -0.2) is 4.98 Å². The Labute approximate surface area is 82.6 Å². The van der Waals surface area contributed by atoms with E-state index in [9.17, 15) is 0 Å². The summed E-state index contributed by atoms with van der Waals surface area (Å²) in [5, 5.41) is 9.00. The monoisotopic (exact) mass is 195 g/mol. The lowest BCUT2D eigenvalue weighted by Crippen LogP contribution is -2.10. The fraction of sp³-hybridized carbons (Fsp3) is 0.333. The molecule has 0 saturated carbocycles. The third-order valence-corrected chi connectivity index (χ3v) is 1.79. The highest BCUT2D eigenvalue weighted by molar-refractivity contribution is 6.31. The summed E-state index contributed by atoms with van der Waals surface area (Å²) in [6, 6.07) is 3.69. The Morgan fingerprint density at radius 3 is 2.77 bits per heavy atom. The van der Waals surface area contributed by atoms with Crippen LogP contribution in [0.5, 0.6) is 0 Å². The molecule has 68 valence electrons. The maximum absolute atomic E-state index is 8.58. The first-order valence-corrected chi connectivity index (χ1v) is 4.20. The van der Waals surface area contributed by atoms with E-state index in [-0.39, 0.29) is 5.69 Å². The third-order valence-electron chi connectivity index (χ3n) is 1.50. The number of nitrogens with zero attached hydrogens (tertiary/aromatic N) is 3. The summed E-state index contributed by atoms with van der Waals surface area (Å²) < 4.78 is 0. The minimum absolute atomic E-state index is 0.282. The van der Waals surface area contributed by atoms with E-state index in [1.807, 2.05) is 25.1 Å². The van der Waals surface area contributed by atoms with Crippen LogP contribution in [0.1, 0.15) is 11.3 Å². The SMILES string of the molecule is CN(C)Cc1cnc(C#N)c(Cl)c1. The van der Waals surface area contributed by atoms with E-state index in [1.54, 1.807) is 12.3 Å². The fourth-order valence-corrected chi connectivity index (χ4v) is 1.24. The summed E-state index contributed by atoms with van der Waals surface area (Å²) in [4.78, 5) is 5.94. The number of hydrogen-bond acceptors (Lipinski definition) is 3. The van der Waals surface area contributed by atoms with Gasteiger partial charge in [0.2, 0.25) is 0 Å². The van der Waals surface area contributed by atoms with Gasteiger partial charge in [0.15, 0.2) is 5.69 Å². The van der Waals surface area contributed by atoms with Gasteiger partial charge in [-0.15, -0.1) is 0 Å². The molecule has 3 nitrogen and oxygen atoms in total. The molecule has 0 bridgehead atoms. The third kappa shape index (κ3) is 2.69. The van der Waals surface area contributed by atoms with Gasteiger partial charge in [0.25, 0.3) is 0 Å². The van der Waals surface area contributed by atoms with E-state index in [4.69, 9.17) is 16.9 Å². The van der Waals surface area contributed by atoms with E-state index in [1.165, 1.54) is 0 Å². The molecule has 0 saturated heterocycles. The fourth-order valence-electron chi connectivity index (χ4n) is 1.01. The highest BCUT2D eigenvalue weighted by Crippen LogP contribution is 2.14. The van der Waals surface area contributed by atoms with Crippen molar-refractivity contribution in [2.75, 3.05) is 14.1 Å². The molecular formula is C9H10ClN3. The number of halogens is 1. The summed E-state index contributed by atoms with van der Waals surface area (Å²) in [6.07, 6.45) is 1.67. The van der Waals surface area contributed by atoms with Crippen molar-refractivity contribution in [2.45, 2.75) is 6.54 Å². The molecule has 4 heteroatoms. The van der Waals surface area contributed by atoms with Gasteiger partial charge in [-0.2, -0.15) is 5.26 Å². The Balaban J connectivity index is 2.91. The van der Waals surface area contributed by atoms with Crippen LogP contribution in [0.4, 0.5) is 0 Å². The van der Waals surface area contributed by atoms with Gasteiger partial charge in [0, 0.05) is 12.7 Å². The van der Waals surface area contributed by atoms with Gasteiger partial charge in [-0.05, 0) is 25.7 Å². The smallest absolute Gasteiger partial charge is 0.159 e. The summed E-state index contributed by atoms with van der Waals surface area (Å²) in [7, 11) is 3.93. The van der Waals surface area contributed by atoms with Gasteiger partial charge in [-0.1, -0.05) is 11.6 Å². The molecule has 0 aliphatic heterocycles. The van der Waals surface area contributed by atoms with Crippen molar-refractivity contribution in [1.82, 2.24) is 9.88 Å². The van der Waals surface area contributed by atoms with Crippen molar-refractivity contribution in [3.63, 3.8) is 0 Å². The van der Waals surface area contributed by atoms with Crippen molar-refractivity contribution in [1.29, 1.82) is 5.26 Å². The van der Waals surface area contributed by atoms with Gasteiger partial charge in [0.1, 0.15) is 6.07 Å². The van der Waals surface area contributed by atoms with Crippen LogP contribution in [0.15, 0.2) is 12.3 Å². The van der Waals surface area contributed by atoms with Crippen molar-refractivity contribution in [3.8, 4) is 6.07 Å². The Hall–Kier alpha value is -1.11. The second-order valence-electron chi connectivity index (χ2n) is 3.02. The van der Waals surface area contributed by atoms with Crippen LogP contribution >= 0.6 is 11.6 Å². The molecule has 0 unspecified atom stereocenters. The number of hydrogen-bond donors (Lipinski definition) is 0. The molecule has 1 aromatic heterocycles. The molecule has 0 atom stereocenters. The van der Waals surface area contributed by atoms with Crippen LogP contribution in [0.3, 0.4) is 0 Å². The predicted molar refractivity (Wildman–Crippen MR) is 51.4 cm³/mol. The Bertz CT molecular complexity index is 341. The first-order chi connectivity index (χ1) is 6.13. The van der Waals surface area contributed by atoms with E-state index < -0.39 is 0 Å². The lowest BCUT2D eigenvalue weighted by molar-refractivity contribution is 0.402. The van der Waals surface area contributed by atoms with Crippen LogP contribution in [-0.2, 0) is 6.54 Å². The van der Waals surface area contributed by atoms with Crippen LogP contribution in [-0.4, -0.2) is 24.0 Å². The molecule has 13 heavy (non-hydrogen) atoms. The average molecular weight is 196 g/mol. The maximum atomic E-state index is 8.58. The largest absolute Gasteiger partial charge is 0.305 e. The minimum Gasteiger partial charge on any atom is -0.305 e. The van der Waals surface area contributed by atoms with Gasteiger partial charge in [0.05, 0.1) is 5.02 Å². The number of nitriles is 1. The molecule has 0 aliphatic rings. The van der Waals surface area contributed by atoms with Crippen molar-refractivity contribution in [2.24, 2.45) is 0 Å². The van der Waals surface area contributed by atoms with Crippen LogP contribution in [0.2, 0.25) is 5.02 Å². The first-order valence-electron chi connectivity index (χ1n) is 3.82. The van der Waals surface area contributed by atoms with Crippen LogP contribution in [0.25, 0.3) is 0 Å². The lowest BCUT2D eigenvalue weighted by atomic mass is 10.2. The number of aromatic nitrogens is 1. The molecule has 0 amide bonds. The predicted octanol–water partition coefficient (Wildman–Crippen LogP) is 1.67. The zero-order valence-corrected chi connectivity index (χ0v) is 8.34. The molecule has 1 aromatic rings. The summed E-state index contributed by atoms with van der Waals surface area (Å²) in [6.45, 7) is 0.776. The normalized spacial score (nSPS) is 10.1. The van der Waals surface area contributed by atoms with Crippen molar-refractivity contribution in [3.05, 3.63) is 28.5 Å². The quantitative estimate of drug-likeness (QED) is 0.721. The molecule has 0 fully saturated rings. The molecule has 0 N–H and O–H groups in total. The van der Waals surface area contributed by atoms with E-state index in [0.29, 0.717) is 5.02 Å². The minimum atomic E-state index is 0.282. The molecular weight excluding hydrogens is 186 g/mol. The van der Waals surface area contributed by atoms with E-state index in [0.717, 1.165) is 12.1 Å². The van der Waals surface area contributed by atoms with Gasteiger partial charge in [-0.3, -0.25) is 0 Å². The molecule has 1 heterocycles. The molecule has 0 aromatic carbocycles. The highest BCUT2D eigenvalue weighted by Gasteiger charge is 2.02. The van der Waals surface area contributed by atoms with Crippen LogP contribution in [0, 0.1) is 11.3 Å². The zero-order valence-electron chi connectivity index (χ0n) is 7.58. The first kappa shape index (κ1) is 9.97. The summed E-state index contributed by atoms with van der Waals surface area (Å²) in [5.74, 6) is 0. The Morgan fingerprint density at radius 2 is 2.31 bits per heavy atom. The molecule has 0 radical (unpaired) electrons. The van der Waals surface area contributed by atoms with Gasteiger partial charge >= 0.3 is 0 Å². The lowest BCUT2D eigenvalue weighted by Gasteiger charge is -2.09. The highest BCUT2D eigenvalue weighted by atomic mass is 35.5. The Morgan fingerprint density at radius 1 is 1.62 bits per heavy atom. The second-order valence-corrected chi connectivity index (χ2v) is 3.43. The molecule has 1 rings (SSSR count). The van der Waals surface area contributed by atoms with Crippen LogP contribution < -0.4 is 0 Å². The molecule has 0 aliphatic carbocycles. The van der Waals surface area contributed by atoms with E-state index >= 15 is 0 Å². The Kier molecular flexibility index (Phi) is 3.24. The van der Waals surface area contributed by atoms with Crippen molar-refractivity contribution >= 4 is 11.6 Å². The maximum Gasteiger partial charge on any atom is 0.159 e. The summed E-state index contributed by atoms with van der Waals surface area (Å²) >= 11 is 5.81. The zero-order chi connectivity index (χ0) is 9.84. The summed E-state index contributed by atoms with van der Waals surface area (Å²) in [5.41, 5.74) is 1.29. The van der Waals surface area contributed by atoms with Gasteiger partial charge < -0.3 is 4.90 Å². The van der Waals surface area contributed by atoms with Crippen molar-refractivity contribution < 1.29 is 0 Å². The number of pyridine rings is 1. The topological polar surface area (TPSA) is 39.9 Å².